The van der Waals surface area contributed by atoms with Crippen LogP contribution in [0.4, 0.5) is 0 Å². The molecular formula is C15H20N2O5. The zero-order chi connectivity index (χ0) is 16.4. The highest BCUT2D eigenvalue weighted by Gasteiger charge is 2.19. The smallest absolute Gasteiger partial charge is 0.317 e. The van der Waals surface area contributed by atoms with E-state index in [1.54, 1.807) is 0 Å². The molecule has 1 amide bonds. The van der Waals surface area contributed by atoms with Crippen LogP contribution in [0.15, 0.2) is 30.3 Å². The molecule has 0 aliphatic rings. The summed E-state index contributed by atoms with van der Waals surface area (Å²) in [6.07, 6.45) is 0.670. The van der Waals surface area contributed by atoms with Gasteiger partial charge in [0.15, 0.2) is 0 Å². The van der Waals surface area contributed by atoms with Crippen LogP contribution in [0.25, 0.3) is 0 Å². The predicted octanol–water partition coefficient (Wildman–Crippen LogP) is 0.253. The lowest BCUT2D eigenvalue weighted by Crippen LogP contribution is -2.47. The van der Waals surface area contributed by atoms with Gasteiger partial charge in [-0.25, -0.2) is 0 Å². The SMILES string of the molecule is O=C(O)CCCNC(=O)[C@H](Cc1ccccc1)NCC(=O)O. The minimum Gasteiger partial charge on any atom is -0.481 e. The molecule has 0 unspecified atom stereocenters. The Bertz CT molecular complexity index is 504. The molecule has 120 valence electrons. The lowest BCUT2D eigenvalue weighted by molar-refractivity contribution is -0.138. The third kappa shape index (κ3) is 7.39. The third-order valence-corrected chi connectivity index (χ3v) is 2.97. The summed E-state index contributed by atoms with van der Waals surface area (Å²) in [7, 11) is 0. The molecular weight excluding hydrogens is 288 g/mol. The van der Waals surface area contributed by atoms with E-state index in [-0.39, 0.29) is 25.4 Å². The van der Waals surface area contributed by atoms with Gasteiger partial charge in [0.05, 0.1) is 12.6 Å². The lowest BCUT2D eigenvalue weighted by atomic mass is 10.1. The van der Waals surface area contributed by atoms with Crippen LogP contribution in [-0.2, 0) is 20.8 Å². The summed E-state index contributed by atoms with van der Waals surface area (Å²) in [4.78, 5) is 33.2. The van der Waals surface area contributed by atoms with Crippen molar-refractivity contribution in [3.8, 4) is 0 Å². The first-order chi connectivity index (χ1) is 10.5. The zero-order valence-electron chi connectivity index (χ0n) is 12.1. The number of hydrogen-bond donors (Lipinski definition) is 4. The van der Waals surface area contributed by atoms with Gasteiger partial charge in [0, 0.05) is 13.0 Å². The van der Waals surface area contributed by atoms with Crippen molar-refractivity contribution >= 4 is 17.8 Å². The van der Waals surface area contributed by atoms with Gasteiger partial charge in [0.1, 0.15) is 0 Å². The quantitative estimate of drug-likeness (QED) is 0.461. The molecule has 0 saturated heterocycles. The fourth-order valence-corrected chi connectivity index (χ4v) is 1.89. The maximum absolute atomic E-state index is 12.1. The number of carbonyl (C=O) groups excluding carboxylic acids is 1. The van der Waals surface area contributed by atoms with Crippen molar-refractivity contribution in [2.45, 2.75) is 25.3 Å². The molecule has 1 aromatic rings. The molecule has 0 aliphatic heterocycles. The molecule has 7 nitrogen and oxygen atoms in total. The Balaban J connectivity index is 2.54. The van der Waals surface area contributed by atoms with Gasteiger partial charge < -0.3 is 15.5 Å². The number of carbonyl (C=O) groups is 3. The van der Waals surface area contributed by atoms with Crippen LogP contribution < -0.4 is 10.6 Å². The van der Waals surface area contributed by atoms with Crippen LogP contribution in [0.1, 0.15) is 18.4 Å². The molecule has 0 saturated carbocycles. The van der Waals surface area contributed by atoms with Gasteiger partial charge in [0.2, 0.25) is 5.91 Å². The van der Waals surface area contributed by atoms with E-state index in [0.29, 0.717) is 12.8 Å². The van der Waals surface area contributed by atoms with Crippen molar-refractivity contribution in [3.63, 3.8) is 0 Å². The van der Waals surface area contributed by atoms with Gasteiger partial charge in [-0.15, -0.1) is 0 Å². The van der Waals surface area contributed by atoms with Crippen LogP contribution in [0.3, 0.4) is 0 Å². The molecule has 0 heterocycles. The van der Waals surface area contributed by atoms with Crippen molar-refractivity contribution in [2.24, 2.45) is 0 Å². The number of carboxylic acids is 2. The van der Waals surface area contributed by atoms with Gasteiger partial charge in [-0.2, -0.15) is 0 Å². The summed E-state index contributed by atoms with van der Waals surface area (Å²) < 4.78 is 0. The molecule has 4 N–H and O–H groups in total. The summed E-state index contributed by atoms with van der Waals surface area (Å²) in [5.41, 5.74) is 0.908. The molecule has 1 aromatic carbocycles. The largest absolute Gasteiger partial charge is 0.481 e. The highest BCUT2D eigenvalue weighted by atomic mass is 16.4. The summed E-state index contributed by atoms with van der Waals surface area (Å²) in [5.74, 6) is -2.30. The fraction of sp³-hybridized carbons (Fsp3) is 0.400. The second-order valence-electron chi connectivity index (χ2n) is 4.81. The first-order valence-corrected chi connectivity index (χ1v) is 6.97. The Morgan fingerprint density at radius 2 is 1.73 bits per heavy atom. The number of nitrogens with one attached hydrogen (secondary N) is 2. The number of rotatable bonds is 10. The van der Waals surface area contributed by atoms with Crippen molar-refractivity contribution < 1.29 is 24.6 Å². The van der Waals surface area contributed by atoms with E-state index in [0.717, 1.165) is 5.56 Å². The average Bonchev–Trinajstić information content (AvgIpc) is 2.48. The molecule has 0 bridgehead atoms. The molecule has 0 fully saturated rings. The molecule has 22 heavy (non-hydrogen) atoms. The molecule has 0 radical (unpaired) electrons. The van der Waals surface area contributed by atoms with Crippen LogP contribution >= 0.6 is 0 Å². The Labute approximate surface area is 128 Å². The average molecular weight is 308 g/mol. The van der Waals surface area contributed by atoms with Crippen LogP contribution in [0.5, 0.6) is 0 Å². The molecule has 0 aliphatic carbocycles. The number of aliphatic carboxylic acids is 2. The van der Waals surface area contributed by atoms with Crippen molar-refractivity contribution in [1.82, 2.24) is 10.6 Å². The summed E-state index contributed by atoms with van der Waals surface area (Å²) in [5, 5.41) is 22.6. The Kier molecular flexibility index (Phi) is 7.63. The maximum atomic E-state index is 12.1. The standard InChI is InChI=1S/C15H20N2O5/c18-13(19)7-4-8-16-15(22)12(17-10-14(20)21)9-11-5-2-1-3-6-11/h1-3,5-6,12,17H,4,7-10H2,(H,16,22)(H,18,19)(H,20,21)/t12-/m0/s1. The summed E-state index contributed by atoms with van der Waals surface area (Å²) in [6, 6.07) is 8.57. The van der Waals surface area contributed by atoms with Crippen molar-refractivity contribution in [1.29, 1.82) is 0 Å². The Morgan fingerprint density at radius 1 is 1.05 bits per heavy atom. The number of benzene rings is 1. The number of carboxylic acid groups (broad SMARTS) is 2. The maximum Gasteiger partial charge on any atom is 0.317 e. The predicted molar refractivity (Wildman–Crippen MR) is 79.5 cm³/mol. The van der Waals surface area contributed by atoms with E-state index < -0.39 is 18.0 Å². The van der Waals surface area contributed by atoms with Crippen LogP contribution in [0.2, 0.25) is 0 Å². The Hall–Kier alpha value is -2.41. The van der Waals surface area contributed by atoms with Gasteiger partial charge >= 0.3 is 11.9 Å². The zero-order valence-corrected chi connectivity index (χ0v) is 12.1. The van der Waals surface area contributed by atoms with Gasteiger partial charge in [-0.1, -0.05) is 30.3 Å². The first kappa shape index (κ1) is 17.6. The van der Waals surface area contributed by atoms with Crippen molar-refractivity contribution in [2.75, 3.05) is 13.1 Å². The van der Waals surface area contributed by atoms with E-state index in [4.69, 9.17) is 10.2 Å². The normalized spacial score (nSPS) is 11.6. The van der Waals surface area contributed by atoms with Gasteiger partial charge in [0.25, 0.3) is 0 Å². The summed E-state index contributed by atoms with van der Waals surface area (Å²) in [6.45, 7) is -0.0782. The minimum absolute atomic E-state index is 0.0216. The molecule has 7 heteroatoms. The second-order valence-corrected chi connectivity index (χ2v) is 4.81. The molecule has 1 rings (SSSR count). The topological polar surface area (TPSA) is 116 Å². The van der Waals surface area contributed by atoms with Gasteiger partial charge in [-0.3, -0.25) is 19.7 Å². The van der Waals surface area contributed by atoms with E-state index >= 15 is 0 Å². The molecule has 0 aromatic heterocycles. The highest BCUT2D eigenvalue weighted by Crippen LogP contribution is 2.03. The highest BCUT2D eigenvalue weighted by molar-refractivity contribution is 5.82. The van der Waals surface area contributed by atoms with E-state index in [2.05, 4.69) is 10.6 Å². The first-order valence-electron chi connectivity index (χ1n) is 6.97. The second kappa shape index (κ2) is 9.51. The van der Waals surface area contributed by atoms with Crippen LogP contribution in [0, 0.1) is 0 Å². The fourth-order valence-electron chi connectivity index (χ4n) is 1.89. The number of hydrogen-bond acceptors (Lipinski definition) is 4. The lowest BCUT2D eigenvalue weighted by Gasteiger charge is -2.17. The Morgan fingerprint density at radius 3 is 2.32 bits per heavy atom. The van der Waals surface area contributed by atoms with E-state index in [1.165, 1.54) is 0 Å². The van der Waals surface area contributed by atoms with Crippen LogP contribution in [-0.4, -0.2) is 47.2 Å². The number of amides is 1. The molecule has 0 spiro atoms. The molecule has 1 atom stereocenters. The third-order valence-electron chi connectivity index (χ3n) is 2.97. The minimum atomic E-state index is -1.04. The summed E-state index contributed by atoms with van der Waals surface area (Å²) >= 11 is 0. The van der Waals surface area contributed by atoms with E-state index in [9.17, 15) is 14.4 Å². The van der Waals surface area contributed by atoms with Gasteiger partial charge in [-0.05, 0) is 18.4 Å². The monoisotopic (exact) mass is 308 g/mol. The van der Waals surface area contributed by atoms with Crippen molar-refractivity contribution in [3.05, 3.63) is 35.9 Å². The van der Waals surface area contributed by atoms with E-state index in [1.807, 2.05) is 30.3 Å².